The van der Waals surface area contributed by atoms with Crippen LogP contribution in [0.4, 0.5) is 0 Å². The van der Waals surface area contributed by atoms with E-state index in [1.807, 2.05) is 0 Å². The molecule has 0 saturated carbocycles. The quantitative estimate of drug-likeness (QED) is 0.639. The molecule has 0 bridgehead atoms. The van der Waals surface area contributed by atoms with E-state index in [-0.39, 0.29) is 10.7 Å². The molecule has 0 fully saturated rings. The van der Waals surface area contributed by atoms with E-state index in [1.165, 1.54) is 6.20 Å². The van der Waals surface area contributed by atoms with Gasteiger partial charge in [0.05, 0.1) is 11.2 Å². The summed E-state index contributed by atoms with van der Waals surface area (Å²) in [4.78, 5) is 10.3. The summed E-state index contributed by atoms with van der Waals surface area (Å²) in [5, 5.41) is 5.44. The van der Waals surface area contributed by atoms with Crippen LogP contribution in [0.2, 0.25) is 5.02 Å². The first kappa shape index (κ1) is 6.58. The number of aromatic amines is 1. The monoisotopic (exact) mass is 164 g/mol. The Morgan fingerprint density at radius 1 is 1.78 bits per heavy atom. The van der Waals surface area contributed by atoms with Crippen LogP contribution in [-0.4, -0.2) is 15.4 Å². The number of hydrogen-bond donors (Lipinski definition) is 1. The van der Waals surface area contributed by atoms with Crippen molar-refractivity contribution in [2.75, 3.05) is 0 Å². The summed E-state index contributed by atoms with van der Waals surface area (Å²) in [6, 6.07) is 0. The van der Waals surface area contributed by atoms with Crippen LogP contribution in [0.1, 0.15) is 10.5 Å². The van der Waals surface area contributed by atoms with E-state index in [9.17, 15) is 4.79 Å². The first-order valence-corrected chi connectivity index (χ1v) is 2.86. The number of aromatic nitrogens is 2. The lowest BCUT2D eigenvalue weighted by Crippen LogP contribution is -1.88. The van der Waals surface area contributed by atoms with Crippen molar-refractivity contribution in [1.29, 1.82) is 0 Å². The molecule has 3 nitrogen and oxygen atoms in total. The fourth-order valence-electron chi connectivity index (χ4n) is 0.409. The van der Waals surface area contributed by atoms with Gasteiger partial charge in [-0.3, -0.25) is 9.89 Å². The Bertz CT molecular complexity index is 232. The number of carbonyl (C=O) groups excluding carboxylic acids is 1. The molecule has 9 heavy (non-hydrogen) atoms. The predicted octanol–water partition coefficient (Wildman–Crippen LogP) is 1.44. The van der Waals surface area contributed by atoms with E-state index in [2.05, 4.69) is 10.2 Å². The molecule has 1 aromatic heterocycles. The van der Waals surface area contributed by atoms with Crippen LogP contribution < -0.4 is 0 Å². The second-order valence-electron chi connectivity index (χ2n) is 1.37. The summed E-state index contributed by atoms with van der Waals surface area (Å²) >= 11 is 10.5. The van der Waals surface area contributed by atoms with Crippen molar-refractivity contribution in [3.63, 3.8) is 0 Å². The molecule has 1 heterocycles. The average Bonchev–Trinajstić information content (AvgIpc) is 2.13. The van der Waals surface area contributed by atoms with Gasteiger partial charge in [0, 0.05) is 0 Å². The van der Waals surface area contributed by atoms with Crippen molar-refractivity contribution in [3.8, 4) is 0 Å². The Balaban J connectivity index is 3.08. The third-order valence-corrected chi connectivity index (χ3v) is 1.27. The van der Waals surface area contributed by atoms with Crippen molar-refractivity contribution < 1.29 is 4.79 Å². The summed E-state index contributed by atoms with van der Waals surface area (Å²) in [5.74, 6) is 0. The standard InChI is InChI=1S/C4H2Cl2N2O/c5-2-1-7-8-3(2)4(6)9/h1H,(H,7,8). The molecule has 0 aliphatic heterocycles. The number of rotatable bonds is 1. The Morgan fingerprint density at radius 3 is 2.67 bits per heavy atom. The van der Waals surface area contributed by atoms with Gasteiger partial charge in [0.25, 0.3) is 5.24 Å². The number of nitrogens with zero attached hydrogens (tertiary/aromatic N) is 1. The number of carbonyl (C=O) groups is 1. The van der Waals surface area contributed by atoms with Crippen LogP contribution in [0, 0.1) is 0 Å². The highest BCUT2D eigenvalue weighted by Gasteiger charge is 2.07. The minimum absolute atomic E-state index is 0.137. The van der Waals surface area contributed by atoms with Gasteiger partial charge in [-0.2, -0.15) is 5.10 Å². The Hall–Kier alpha value is -0.540. The zero-order valence-corrected chi connectivity index (χ0v) is 5.70. The maximum absolute atomic E-state index is 10.3. The number of halogens is 2. The van der Waals surface area contributed by atoms with Crippen molar-refractivity contribution in [2.24, 2.45) is 0 Å². The molecule has 1 aromatic rings. The van der Waals surface area contributed by atoms with Crippen LogP contribution in [0.5, 0.6) is 0 Å². The lowest BCUT2D eigenvalue weighted by Gasteiger charge is -1.82. The largest absolute Gasteiger partial charge is 0.274 e. The van der Waals surface area contributed by atoms with Crippen molar-refractivity contribution >= 4 is 28.4 Å². The van der Waals surface area contributed by atoms with Gasteiger partial charge in [-0.1, -0.05) is 11.6 Å². The van der Waals surface area contributed by atoms with E-state index in [1.54, 1.807) is 0 Å². The van der Waals surface area contributed by atoms with Gasteiger partial charge in [0.1, 0.15) is 5.69 Å². The molecule has 0 aliphatic rings. The Labute approximate surface area is 61.0 Å². The third kappa shape index (κ3) is 1.23. The van der Waals surface area contributed by atoms with E-state index in [0.29, 0.717) is 0 Å². The molecule has 0 aromatic carbocycles. The van der Waals surface area contributed by atoms with Gasteiger partial charge in [-0.15, -0.1) is 0 Å². The molecule has 48 valence electrons. The summed E-state index contributed by atoms with van der Waals surface area (Å²) in [7, 11) is 0. The first-order valence-electron chi connectivity index (χ1n) is 2.10. The molecule has 0 unspecified atom stereocenters. The maximum atomic E-state index is 10.3. The molecular weight excluding hydrogens is 163 g/mol. The number of hydrogen-bond acceptors (Lipinski definition) is 2. The molecule has 0 aliphatic carbocycles. The summed E-state index contributed by atoms with van der Waals surface area (Å²) in [6.45, 7) is 0. The predicted molar refractivity (Wildman–Crippen MR) is 33.8 cm³/mol. The van der Waals surface area contributed by atoms with Crippen LogP contribution in [0.15, 0.2) is 6.20 Å². The van der Waals surface area contributed by atoms with Gasteiger partial charge in [-0.25, -0.2) is 0 Å². The zero-order chi connectivity index (χ0) is 6.85. The summed E-state index contributed by atoms with van der Waals surface area (Å²) in [5.41, 5.74) is 0.137. The zero-order valence-electron chi connectivity index (χ0n) is 4.19. The highest BCUT2D eigenvalue weighted by molar-refractivity contribution is 6.68. The van der Waals surface area contributed by atoms with Gasteiger partial charge in [-0.05, 0) is 11.6 Å². The summed E-state index contributed by atoms with van der Waals surface area (Å²) in [6.07, 6.45) is 1.32. The average molecular weight is 165 g/mol. The van der Waals surface area contributed by atoms with Crippen LogP contribution >= 0.6 is 23.2 Å². The first-order chi connectivity index (χ1) is 4.22. The Kier molecular flexibility index (Phi) is 1.73. The second-order valence-corrected chi connectivity index (χ2v) is 2.12. The molecule has 0 spiro atoms. The SMILES string of the molecule is O=C(Cl)c1[nH]ncc1Cl. The maximum Gasteiger partial charge on any atom is 0.271 e. The van der Waals surface area contributed by atoms with Crippen molar-refractivity contribution in [2.45, 2.75) is 0 Å². The van der Waals surface area contributed by atoms with Crippen LogP contribution in [-0.2, 0) is 0 Å². The lowest BCUT2D eigenvalue weighted by atomic mass is 10.5. The molecule has 0 saturated heterocycles. The number of nitrogens with one attached hydrogen (secondary N) is 1. The van der Waals surface area contributed by atoms with E-state index in [0.717, 1.165) is 0 Å². The smallest absolute Gasteiger partial charge is 0.271 e. The minimum atomic E-state index is -0.627. The van der Waals surface area contributed by atoms with E-state index in [4.69, 9.17) is 23.2 Å². The second kappa shape index (κ2) is 2.37. The summed E-state index contributed by atoms with van der Waals surface area (Å²) < 4.78 is 0. The molecule has 1 N–H and O–H groups in total. The van der Waals surface area contributed by atoms with Crippen LogP contribution in [0.3, 0.4) is 0 Å². The molecule has 0 amide bonds. The van der Waals surface area contributed by atoms with Gasteiger partial charge >= 0.3 is 0 Å². The highest BCUT2D eigenvalue weighted by atomic mass is 35.5. The van der Waals surface area contributed by atoms with Crippen molar-refractivity contribution in [3.05, 3.63) is 16.9 Å². The molecular formula is C4H2Cl2N2O. The van der Waals surface area contributed by atoms with Gasteiger partial charge < -0.3 is 0 Å². The van der Waals surface area contributed by atoms with Crippen molar-refractivity contribution in [1.82, 2.24) is 10.2 Å². The fourth-order valence-corrected chi connectivity index (χ4v) is 0.779. The minimum Gasteiger partial charge on any atom is -0.274 e. The third-order valence-electron chi connectivity index (χ3n) is 0.790. The van der Waals surface area contributed by atoms with Gasteiger partial charge in [0.2, 0.25) is 0 Å². The van der Waals surface area contributed by atoms with E-state index >= 15 is 0 Å². The molecule has 5 heteroatoms. The highest BCUT2D eigenvalue weighted by Crippen LogP contribution is 2.12. The molecule has 1 rings (SSSR count). The van der Waals surface area contributed by atoms with Crippen LogP contribution in [0.25, 0.3) is 0 Å². The topological polar surface area (TPSA) is 45.8 Å². The number of H-pyrrole nitrogens is 1. The normalized spacial score (nSPS) is 9.56. The molecule has 0 atom stereocenters. The van der Waals surface area contributed by atoms with E-state index < -0.39 is 5.24 Å². The molecule has 0 radical (unpaired) electrons. The lowest BCUT2D eigenvalue weighted by molar-refractivity contribution is 0.107. The fraction of sp³-hybridized carbons (Fsp3) is 0. The Morgan fingerprint density at radius 2 is 2.44 bits per heavy atom. The van der Waals surface area contributed by atoms with Gasteiger partial charge in [0.15, 0.2) is 0 Å².